The lowest BCUT2D eigenvalue weighted by Crippen LogP contribution is -2.40. The third-order valence-corrected chi connectivity index (χ3v) is 4.58. The van der Waals surface area contributed by atoms with Crippen molar-refractivity contribution in [3.05, 3.63) is 40.8 Å². The van der Waals surface area contributed by atoms with E-state index in [0.717, 1.165) is 53.1 Å². The van der Waals surface area contributed by atoms with Crippen molar-refractivity contribution in [3.63, 3.8) is 0 Å². The van der Waals surface area contributed by atoms with Gasteiger partial charge in [0, 0.05) is 38.7 Å². The van der Waals surface area contributed by atoms with Gasteiger partial charge in [0.15, 0.2) is 17.5 Å². The number of nitrogens with zero attached hydrogens (tertiary/aromatic N) is 3. The fourth-order valence-corrected chi connectivity index (χ4v) is 3.31. The van der Waals surface area contributed by atoms with Crippen LogP contribution in [-0.4, -0.2) is 43.4 Å². The molecular weight excluding hydrogens is 459 g/mol. The topological polar surface area (TPSA) is 72.1 Å². The van der Waals surface area contributed by atoms with Gasteiger partial charge in [0.25, 0.3) is 0 Å². The van der Waals surface area contributed by atoms with Crippen molar-refractivity contribution < 1.29 is 14.0 Å². The average molecular weight is 486 g/mol. The van der Waals surface area contributed by atoms with Crippen molar-refractivity contribution in [1.29, 1.82) is 0 Å². The number of rotatable bonds is 5. The van der Waals surface area contributed by atoms with Gasteiger partial charge in [-0.05, 0) is 31.5 Å². The Morgan fingerprint density at radius 2 is 2.04 bits per heavy atom. The van der Waals surface area contributed by atoms with E-state index in [9.17, 15) is 0 Å². The maximum Gasteiger partial charge on any atom is 0.231 e. The molecule has 3 rings (SSSR count). The number of nitrogens with one attached hydrogen (secondary N) is 1. The number of guanidine groups is 1. The van der Waals surface area contributed by atoms with E-state index in [1.54, 1.807) is 7.05 Å². The number of fused-ring (bicyclic) bond motifs is 1. The number of aliphatic imine (C=N–C) groups is 1. The van der Waals surface area contributed by atoms with Gasteiger partial charge >= 0.3 is 0 Å². The molecule has 2 heterocycles. The van der Waals surface area contributed by atoms with E-state index < -0.39 is 0 Å². The molecule has 1 aliphatic heterocycles. The molecule has 0 saturated carbocycles. The lowest BCUT2D eigenvalue weighted by molar-refractivity contribution is 0.174. The van der Waals surface area contributed by atoms with Crippen LogP contribution in [0.15, 0.2) is 27.7 Å². The normalized spacial score (nSPS) is 13.9. The molecule has 2 aromatic rings. The first-order valence-corrected chi connectivity index (χ1v) is 8.72. The maximum atomic E-state index is 5.45. The Labute approximate surface area is 177 Å². The molecule has 1 N–H and O–H groups in total. The van der Waals surface area contributed by atoms with Gasteiger partial charge in [0.05, 0.1) is 5.69 Å². The first kappa shape index (κ1) is 21.3. The second-order valence-electron chi connectivity index (χ2n) is 6.61. The van der Waals surface area contributed by atoms with Crippen molar-refractivity contribution in [2.24, 2.45) is 4.99 Å². The molecule has 1 aliphatic rings. The lowest BCUT2D eigenvalue weighted by atomic mass is 10.00. The van der Waals surface area contributed by atoms with Gasteiger partial charge in [-0.2, -0.15) is 0 Å². The minimum absolute atomic E-state index is 0. The molecule has 148 valence electrons. The van der Waals surface area contributed by atoms with E-state index in [2.05, 4.69) is 27.3 Å². The molecule has 0 amide bonds. The summed E-state index contributed by atoms with van der Waals surface area (Å²) in [6.07, 6.45) is 0. The predicted octanol–water partition coefficient (Wildman–Crippen LogP) is 3.45. The maximum absolute atomic E-state index is 5.45. The molecule has 0 saturated heterocycles. The average Bonchev–Trinajstić information content (AvgIpc) is 3.21. The van der Waals surface area contributed by atoms with E-state index in [-0.39, 0.29) is 36.7 Å². The second kappa shape index (κ2) is 9.29. The smallest absolute Gasteiger partial charge is 0.231 e. The van der Waals surface area contributed by atoms with Gasteiger partial charge in [0.2, 0.25) is 6.79 Å². The molecule has 0 spiro atoms. The monoisotopic (exact) mass is 486 g/mol. The standard InChI is InChI=1S/C19H26N4O3.HI/c1-12(18-13(2)22-26-14(18)3)9-21-19(20-4)23(5)10-15-6-7-16-17(8-15)25-11-24-16;/h6-8,12H,9-11H2,1-5H3,(H,20,21);1H. The van der Waals surface area contributed by atoms with Crippen LogP contribution in [0.3, 0.4) is 0 Å². The van der Waals surface area contributed by atoms with Gasteiger partial charge in [-0.25, -0.2) is 0 Å². The molecule has 0 fully saturated rings. The lowest BCUT2D eigenvalue weighted by Gasteiger charge is -2.24. The Bertz CT molecular complexity index is 787. The minimum atomic E-state index is 0. The van der Waals surface area contributed by atoms with Crippen LogP contribution in [0.5, 0.6) is 11.5 Å². The van der Waals surface area contributed by atoms with Crippen molar-refractivity contribution in [3.8, 4) is 11.5 Å². The van der Waals surface area contributed by atoms with Gasteiger partial charge in [-0.3, -0.25) is 4.99 Å². The number of aromatic nitrogens is 1. The van der Waals surface area contributed by atoms with E-state index in [0.29, 0.717) is 0 Å². The van der Waals surface area contributed by atoms with Gasteiger partial charge in [-0.15, -0.1) is 24.0 Å². The second-order valence-corrected chi connectivity index (χ2v) is 6.61. The summed E-state index contributed by atoms with van der Waals surface area (Å²) in [5.74, 6) is 3.58. The Morgan fingerprint density at radius 3 is 2.70 bits per heavy atom. The molecular formula is C19H27IN4O3. The molecule has 1 atom stereocenters. The van der Waals surface area contributed by atoms with Crippen LogP contribution in [0, 0.1) is 13.8 Å². The third-order valence-electron chi connectivity index (χ3n) is 4.58. The summed E-state index contributed by atoms with van der Waals surface area (Å²) in [5, 5.41) is 7.47. The first-order chi connectivity index (χ1) is 12.5. The molecule has 0 radical (unpaired) electrons. The van der Waals surface area contributed by atoms with Crippen LogP contribution in [0.4, 0.5) is 0 Å². The van der Waals surface area contributed by atoms with Crippen LogP contribution >= 0.6 is 24.0 Å². The number of benzene rings is 1. The van der Waals surface area contributed by atoms with Crippen LogP contribution < -0.4 is 14.8 Å². The number of halogens is 1. The van der Waals surface area contributed by atoms with Crippen LogP contribution in [0.1, 0.15) is 35.4 Å². The molecule has 0 bridgehead atoms. The highest BCUT2D eigenvalue weighted by Gasteiger charge is 2.18. The van der Waals surface area contributed by atoms with Crippen LogP contribution in [0.25, 0.3) is 0 Å². The summed E-state index contributed by atoms with van der Waals surface area (Å²) in [5.41, 5.74) is 3.24. The fourth-order valence-electron chi connectivity index (χ4n) is 3.31. The summed E-state index contributed by atoms with van der Waals surface area (Å²) in [4.78, 5) is 6.47. The molecule has 7 nitrogen and oxygen atoms in total. The first-order valence-electron chi connectivity index (χ1n) is 8.72. The van der Waals surface area contributed by atoms with Gasteiger partial charge in [0.1, 0.15) is 5.76 Å². The summed E-state index contributed by atoms with van der Waals surface area (Å²) in [6, 6.07) is 6.00. The molecule has 1 aromatic carbocycles. The number of ether oxygens (including phenoxy) is 2. The predicted molar refractivity (Wildman–Crippen MR) is 115 cm³/mol. The summed E-state index contributed by atoms with van der Waals surface area (Å²) in [7, 11) is 3.81. The van der Waals surface area contributed by atoms with Crippen LogP contribution in [0.2, 0.25) is 0 Å². The van der Waals surface area contributed by atoms with Crippen molar-refractivity contribution in [2.75, 3.05) is 27.4 Å². The van der Waals surface area contributed by atoms with E-state index in [4.69, 9.17) is 14.0 Å². The van der Waals surface area contributed by atoms with Crippen molar-refractivity contribution >= 4 is 29.9 Å². The van der Waals surface area contributed by atoms with E-state index in [1.165, 1.54) is 0 Å². The Hall–Kier alpha value is -1.97. The highest BCUT2D eigenvalue weighted by molar-refractivity contribution is 14.0. The SMILES string of the molecule is CN=C(NCC(C)c1c(C)noc1C)N(C)Cc1ccc2c(c1)OCO2.I. The molecule has 0 aliphatic carbocycles. The van der Waals surface area contributed by atoms with Crippen molar-refractivity contribution in [2.45, 2.75) is 33.2 Å². The molecule has 8 heteroatoms. The quantitative estimate of drug-likeness (QED) is 0.397. The van der Waals surface area contributed by atoms with E-state index >= 15 is 0 Å². The minimum Gasteiger partial charge on any atom is -0.454 e. The zero-order valence-electron chi connectivity index (χ0n) is 16.4. The molecule has 1 unspecified atom stereocenters. The Balaban J connectivity index is 0.00000261. The summed E-state index contributed by atoms with van der Waals surface area (Å²) >= 11 is 0. The summed E-state index contributed by atoms with van der Waals surface area (Å²) in [6.45, 7) is 7.84. The number of aryl methyl sites for hydroxylation is 2. The third kappa shape index (κ3) is 4.85. The summed E-state index contributed by atoms with van der Waals surface area (Å²) < 4.78 is 16.1. The molecule has 1 aromatic heterocycles. The largest absolute Gasteiger partial charge is 0.454 e. The zero-order valence-corrected chi connectivity index (χ0v) is 18.7. The highest BCUT2D eigenvalue weighted by atomic mass is 127. The fraction of sp³-hybridized carbons (Fsp3) is 0.474. The van der Waals surface area contributed by atoms with Crippen molar-refractivity contribution in [1.82, 2.24) is 15.4 Å². The highest BCUT2D eigenvalue weighted by Crippen LogP contribution is 2.32. The number of hydrogen-bond acceptors (Lipinski definition) is 5. The van der Waals surface area contributed by atoms with Crippen LogP contribution in [-0.2, 0) is 6.54 Å². The number of hydrogen-bond donors (Lipinski definition) is 1. The molecule has 27 heavy (non-hydrogen) atoms. The Kier molecular flexibility index (Phi) is 7.34. The zero-order chi connectivity index (χ0) is 18.7. The van der Waals surface area contributed by atoms with E-state index in [1.807, 2.05) is 39.1 Å². The Morgan fingerprint density at radius 1 is 1.30 bits per heavy atom. The van der Waals surface area contributed by atoms with Gasteiger partial charge < -0.3 is 24.2 Å². The van der Waals surface area contributed by atoms with Gasteiger partial charge in [-0.1, -0.05) is 18.1 Å².